The lowest BCUT2D eigenvalue weighted by atomic mass is 10.1. The molecule has 0 spiro atoms. The van der Waals surface area contributed by atoms with E-state index in [1.165, 1.54) is 0 Å². The van der Waals surface area contributed by atoms with Crippen LogP contribution in [0.1, 0.15) is 54.6 Å². The van der Waals surface area contributed by atoms with E-state index in [9.17, 15) is 4.79 Å². The molecule has 2 aromatic rings. The number of hydrogen-bond acceptors (Lipinski definition) is 4. The van der Waals surface area contributed by atoms with Crippen LogP contribution in [0.3, 0.4) is 0 Å². The Labute approximate surface area is 117 Å². The molecule has 108 valence electrons. The quantitative estimate of drug-likeness (QED) is 0.858. The minimum absolute atomic E-state index is 0.0926. The third-order valence-electron chi connectivity index (χ3n) is 3.21. The fourth-order valence-corrected chi connectivity index (χ4v) is 1.91. The third kappa shape index (κ3) is 3.04. The molecule has 20 heavy (non-hydrogen) atoms. The minimum Gasteiger partial charge on any atom is -0.350 e. The van der Waals surface area contributed by atoms with Gasteiger partial charge in [-0.05, 0) is 12.0 Å². The first-order valence-corrected chi connectivity index (χ1v) is 6.66. The lowest BCUT2D eigenvalue weighted by Crippen LogP contribution is -2.28. The molecule has 2 heterocycles. The molecule has 7 heteroatoms. The zero-order valence-electron chi connectivity index (χ0n) is 12.2. The van der Waals surface area contributed by atoms with Crippen LogP contribution in [0.4, 0.5) is 0 Å². The highest BCUT2D eigenvalue weighted by Gasteiger charge is 2.15. The zero-order valence-corrected chi connectivity index (χ0v) is 12.2. The molecular formula is C13H20N6O. The van der Waals surface area contributed by atoms with Gasteiger partial charge in [0.25, 0.3) is 5.91 Å². The Balaban J connectivity index is 1.93. The zero-order chi connectivity index (χ0) is 14.7. The fraction of sp³-hybridized carbons (Fsp3) is 0.538. The maximum absolute atomic E-state index is 12.0. The first-order valence-electron chi connectivity index (χ1n) is 6.66. The van der Waals surface area contributed by atoms with Gasteiger partial charge in [0, 0.05) is 25.2 Å². The van der Waals surface area contributed by atoms with Gasteiger partial charge in [-0.2, -0.15) is 5.10 Å². The monoisotopic (exact) mass is 276 g/mol. The van der Waals surface area contributed by atoms with Crippen LogP contribution in [0.25, 0.3) is 0 Å². The van der Waals surface area contributed by atoms with Crippen molar-refractivity contribution in [2.75, 3.05) is 6.54 Å². The van der Waals surface area contributed by atoms with Crippen molar-refractivity contribution in [1.29, 1.82) is 0 Å². The summed E-state index contributed by atoms with van der Waals surface area (Å²) in [4.78, 5) is 12.0. The van der Waals surface area contributed by atoms with Gasteiger partial charge >= 0.3 is 0 Å². The summed E-state index contributed by atoms with van der Waals surface area (Å²) in [6.45, 7) is 6.58. The SMILES string of the molecule is CC(C)c1cc(C(=O)NCC(C)c2nncn2C)n[nH]1. The molecular weight excluding hydrogens is 256 g/mol. The molecule has 2 N–H and O–H groups in total. The third-order valence-corrected chi connectivity index (χ3v) is 3.21. The van der Waals surface area contributed by atoms with E-state index in [2.05, 4.69) is 25.7 Å². The lowest BCUT2D eigenvalue weighted by molar-refractivity contribution is 0.0946. The second-order valence-electron chi connectivity index (χ2n) is 5.27. The molecule has 0 aliphatic carbocycles. The summed E-state index contributed by atoms with van der Waals surface area (Å²) in [6.07, 6.45) is 1.65. The molecule has 7 nitrogen and oxygen atoms in total. The second-order valence-corrected chi connectivity index (χ2v) is 5.27. The molecule has 0 saturated carbocycles. The number of amides is 1. The van der Waals surface area contributed by atoms with E-state index in [-0.39, 0.29) is 11.8 Å². The van der Waals surface area contributed by atoms with Crippen molar-refractivity contribution in [2.24, 2.45) is 7.05 Å². The van der Waals surface area contributed by atoms with Crippen LogP contribution in [0.15, 0.2) is 12.4 Å². The summed E-state index contributed by atoms with van der Waals surface area (Å²) in [7, 11) is 1.89. The van der Waals surface area contributed by atoms with Crippen LogP contribution in [-0.4, -0.2) is 37.4 Å². The molecule has 0 aliphatic heterocycles. The summed E-state index contributed by atoms with van der Waals surface area (Å²) >= 11 is 0. The minimum atomic E-state index is -0.179. The number of hydrogen-bond donors (Lipinski definition) is 2. The molecule has 1 amide bonds. The van der Waals surface area contributed by atoms with Crippen LogP contribution in [-0.2, 0) is 7.05 Å². The van der Waals surface area contributed by atoms with Crippen LogP contribution in [0.2, 0.25) is 0 Å². The van der Waals surface area contributed by atoms with Crippen molar-refractivity contribution >= 4 is 5.91 Å². The number of carbonyl (C=O) groups is 1. The van der Waals surface area contributed by atoms with Gasteiger partial charge in [-0.3, -0.25) is 9.89 Å². The molecule has 0 aliphatic rings. The van der Waals surface area contributed by atoms with Gasteiger partial charge in [0.1, 0.15) is 17.8 Å². The van der Waals surface area contributed by atoms with Gasteiger partial charge in [-0.15, -0.1) is 10.2 Å². The van der Waals surface area contributed by atoms with Crippen LogP contribution >= 0.6 is 0 Å². The molecule has 2 aromatic heterocycles. The first kappa shape index (κ1) is 14.2. The van der Waals surface area contributed by atoms with Crippen molar-refractivity contribution in [1.82, 2.24) is 30.3 Å². The van der Waals surface area contributed by atoms with Gasteiger partial charge in [-0.25, -0.2) is 0 Å². The van der Waals surface area contributed by atoms with E-state index in [0.717, 1.165) is 11.5 Å². The number of nitrogens with one attached hydrogen (secondary N) is 2. The number of nitrogens with zero attached hydrogens (tertiary/aromatic N) is 4. The van der Waals surface area contributed by atoms with Crippen LogP contribution < -0.4 is 5.32 Å². The van der Waals surface area contributed by atoms with Gasteiger partial charge in [-0.1, -0.05) is 20.8 Å². The Hall–Kier alpha value is -2.18. The van der Waals surface area contributed by atoms with E-state index in [1.54, 1.807) is 12.4 Å². The largest absolute Gasteiger partial charge is 0.350 e. The molecule has 0 aromatic carbocycles. The van der Waals surface area contributed by atoms with Crippen molar-refractivity contribution in [2.45, 2.75) is 32.6 Å². The average molecular weight is 276 g/mol. The van der Waals surface area contributed by atoms with E-state index in [1.807, 2.05) is 32.4 Å². The predicted molar refractivity (Wildman–Crippen MR) is 74.4 cm³/mol. The normalized spacial score (nSPS) is 12.7. The fourth-order valence-electron chi connectivity index (χ4n) is 1.91. The number of aromatic nitrogens is 5. The number of rotatable bonds is 5. The van der Waals surface area contributed by atoms with Crippen molar-refractivity contribution < 1.29 is 4.79 Å². The van der Waals surface area contributed by atoms with E-state index >= 15 is 0 Å². The average Bonchev–Trinajstić information content (AvgIpc) is 3.04. The number of carbonyl (C=O) groups excluding carboxylic acids is 1. The number of aryl methyl sites for hydroxylation is 1. The topological polar surface area (TPSA) is 88.5 Å². The van der Waals surface area contributed by atoms with Gasteiger partial charge < -0.3 is 9.88 Å². The molecule has 2 rings (SSSR count). The lowest BCUT2D eigenvalue weighted by Gasteiger charge is -2.10. The Morgan fingerprint density at radius 3 is 2.75 bits per heavy atom. The Morgan fingerprint density at radius 2 is 2.20 bits per heavy atom. The van der Waals surface area contributed by atoms with Crippen LogP contribution in [0.5, 0.6) is 0 Å². The summed E-state index contributed by atoms with van der Waals surface area (Å²) in [5, 5.41) is 17.6. The van der Waals surface area contributed by atoms with Crippen LogP contribution in [0, 0.1) is 0 Å². The molecule has 0 saturated heterocycles. The summed E-state index contributed by atoms with van der Waals surface area (Å²) < 4.78 is 1.85. The predicted octanol–water partition coefficient (Wildman–Crippen LogP) is 1.20. The standard InChI is InChI=1S/C13H20N6O/c1-8(2)10-5-11(17-16-10)13(20)14-6-9(3)12-18-15-7-19(12)4/h5,7-9H,6H2,1-4H3,(H,14,20)(H,16,17). The highest BCUT2D eigenvalue weighted by atomic mass is 16.1. The van der Waals surface area contributed by atoms with Crippen molar-refractivity contribution in [3.8, 4) is 0 Å². The Kier molecular flexibility index (Phi) is 4.16. The molecule has 1 atom stereocenters. The molecule has 1 unspecified atom stereocenters. The smallest absolute Gasteiger partial charge is 0.271 e. The highest BCUT2D eigenvalue weighted by molar-refractivity contribution is 5.92. The molecule has 0 fully saturated rings. The first-order chi connectivity index (χ1) is 9.49. The van der Waals surface area contributed by atoms with Crippen molar-refractivity contribution in [3.05, 3.63) is 29.6 Å². The van der Waals surface area contributed by atoms with Gasteiger partial charge in [0.05, 0.1) is 0 Å². The van der Waals surface area contributed by atoms with Gasteiger partial charge in [0.2, 0.25) is 0 Å². The Morgan fingerprint density at radius 1 is 1.45 bits per heavy atom. The Bertz CT molecular complexity index is 585. The van der Waals surface area contributed by atoms with E-state index < -0.39 is 0 Å². The number of H-pyrrole nitrogens is 1. The maximum Gasteiger partial charge on any atom is 0.271 e. The summed E-state index contributed by atoms with van der Waals surface area (Å²) in [6, 6.07) is 1.78. The van der Waals surface area contributed by atoms with E-state index in [4.69, 9.17) is 0 Å². The van der Waals surface area contributed by atoms with E-state index in [0.29, 0.717) is 18.2 Å². The molecule has 0 bridgehead atoms. The molecule has 0 radical (unpaired) electrons. The van der Waals surface area contributed by atoms with Gasteiger partial charge in [0.15, 0.2) is 0 Å². The maximum atomic E-state index is 12.0. The number of aromatic amines is 1. The van der Waals surface area contributed by atoms with Crippen molar-refractivity contribution in [3.63, 3.8) is 0 Å². The summed E-state index contributed by atoms with van der Waals surface area (Å²) in [5.74, 6) is 1.08. The highest BCUT2D eigenvalue weighted by Crippen LogP contribution is 2.12. The summed E-state index contributed by atoms with van der Waals surface area (Å²) in [5.41, 5.74) is 1.37. The second kappa shape index (κ2) is 5.85.